The predicted molar refractivity (Wildman–Crippen MR) is 73.6 cm³/mol. The first-order chi connectivity index (χ1) is 8.37. The predicted octanol–water partition coefficient (Wildman–Crippen LogP) is 3.53. The van der Waals surface area contributed by atoms with Gasteiger partial charge in [-0.3, -0.25) is 0 Å². The zero-order valence-electron chi connectivity index (χ0n) is 11.7. The van der Waals surface area contributed by atoms with E-state index >= 15 is 0 Å². The first kappa shape index (κ1) is 14.6. The van der Waals surface area contributed by atoms with Crippen molar-refractivity contribution in [2.45, 2.75) is 52.2 Å². The smallest absolute Gasteiger partial charge is 0.407 e. The second kappa shape index (κ2) is 6.43. The quantitative estimate of drug-likeness (QED) is 0.886. The minimum atomic E-state index is -0.441. The van der Waals surface area contributed by atoms with E-state index in [1.54, 1.807) is 0 Å². The molecule has 0 unspecified atom stereocenters. The van der Waals surface area contributed by atoms with E-state index in [9.17, 15) is 4.79 Å². The molecular weight excluding hydrogens is 226 g/mol. The van der Waals surface area contributed by atoms with Crippen LogP contribution in [0.1, 0.15) is 39.7 Å². The van der Waals surface area contributed by atoms with Crippen molar-refractivity contribution < 1.29 is 9.53 Å². The average molecular weight is 249 g/mol. The number of ether oxygens (including phenoxy) is 1. The van der Waals surface area contributed by atoms with Gasteiger partial charge in [0.15, 0.2) is 0 Å². The summed E-state index contributed by atoms with van der Waals surface area (Å²) in [5, 5.41) is 2.85. The van der Waals surface area contributed by atoms with Crippen LogP contribution in [0.3, 0.4) is 0 Å². The summed E-state index contributed by atoms with van der Waals surface area (Å²) in [6.07, 6.45) is 1.52. The molecule has 0 spiro atoms. The molecule has 3 nitrogen and oxygen atoms in total. The summed E-state index contributed by atoms with van der Waals surface area (Å²) in [7, 11) is 0. The molecule has 18 heavy (non-hydrogen) atoms. The Balaban J connectivity index is 2.29. The van der Waals surface area contributed by atoms with Crippen LogP contribution in [0.25, 0.3) is 0 Å². The molecular formula is C15H23NO2. The van der Waals surface area contributed by atoms with Gasteiger partial charge in [-0.05, 0) is 46.1 Å². The second-order valence-corrected chi connectivity index (χ2v) is 5.57. The summed E-state index contributed by atoms with van der Waals surface area (Å²) in [6.45, 7) is 7.58. The van der Waals surface area contributed by atoms with E-state index in [0.717, 1.165) is 12.8 Å². The first-order valence-electron chi connectivity index (χ1n) is 6.40. The monoisotopic (exact) mass is 249 g/mol. The third-order valence-electron chi connectivity index (χ3n) is 2.47. The maximum absolute atomic E-state index is 11.5. The maximum atomic E-state index is 11.5. The number of rotatable bonds is 4. The molecule has 0 saturated heterocycles. The molecule has 0 bridgehead atoms. The van der Waals surface area contributed by atoms with Crippen molar-refractivity contribution in [3.8, 4) is 0 Å². The number of carbonyl (C=O) groups is 1. The summed E-state index contributed by atoms with van der Waals surface area (Å²) < 4.78 is 5.21. The number of amides is 1. The van der Waals surface area contributed by atoms with Gasteiger partial charge in [0.2, 0.25) is 0 Å². The van der Waals surface area contributed by atoms with Crippen LogP contribution in [0, 0.1) is 0 Å². The van der Waals surface area contributed by atoms with Crippen LogP contribution in [0.5, 0.6) is 0 Å². The highest BCUT2D eigenvalue weighted by molar-refractivity contribution is 5.68. The van der Waals surface area contributed by atoms with Crippen molar-refractivity contribution in [2.24, 2.45) is 0 Å². The molecule has 1 rings (SSSR count). The van der Waals surface area contributed by atoms with Gasteiger partial charge >= 0.3 is 6.09 Å². The summed E-state index contributed by atoms with van der Waals surface area (Å²) in [5.74, 6) is 0. The van der Waals surface area contributed by atoms with E-state index in [-0.39, 0.29) is 12.1 Å². The fourth-order valence-electron chi connectivity index (χ4n) is 1.61. The molecule has 0 aliphatic rings. The van der Waals surface area contributed by atoms with Gasteiger partial charge in [0, 0.05) is 6.04 Å². The average Bonchev–Trinajstić information content (AvgIpc) is 2.25. The third-order valence-corrected chi connectivity index (χ3v) is 2.47. The molecule has 0 heterocycles. The molecule has 3 heteroatoms. The highest BCUT2D eigenvalue weighted by Crippen LogP contribution is 2.08. The molecule has 1 N–H and O–H groups in total. The number of alkyl carbamates (subject to hydrolysis) is 1. The van der Waals surface area contributed by atoms with E-state index in [0.29, 0.717) is 0 Å². The Kier molecular flexibility index (Phi) is 5.20. The molecule has 0 aliphatic heterocycles. The lowest BCUT2D eigenvalue weighted by atomic mass is 10.1. The van der Waals surface area contributed by atoms with Crippen LogP contribution in [0.15, 0.2) is 30.3 Å². The molecule has 1 atom stereocenters. The first-order valence-corrected chi connectivity index (χ1v) is 6.40. The van der Waals surface area contributed by atoms with E-state index in [2.05, 4.69) is 17.4 Å². The Morgan fingerprint density at radius 1 is 1.28 bits per heavy atom. The van der Waals surface area contributed by atoms with Crippen LogP contribution in [-0.4, -0.2) is 17.7 Å². The van der Waals surface area contributed by atoms with Gasteiger partial charge in [-0.15, -0.1) is 0 Å². The zero-order valence-corrected chi connectivity index (χ0v) is 11.7. The SMILES string of the molecule is C[C@H](CCc1ccccc1)NC(=O)OC(C)(C)C. The van der Waals surface area contributed by atoms with Gasteiger partial charge in [0.25, 0.3) is 0 Å². The Morgan fingerprint density at radius 3 is 2.44 bits per heavy atom. The van der Waals surface area contributed by atoms with Crippen LogP contribution < -0.4 is 5.32 Å². The lowest BCUT2D eigenvalue weighted by molar-refractivity contribution is 0.0506. The summed E-state index contributed by atoms with van der Waals surface area (Å²) in [5.41, 5.74) is 0.846. The molecule has 1 aromatic carbocycles. The number of aryl methyl sites for hydroxylation is 1. The molecule has 100 valence electrons. The number of benzene rings is 1. The van der Waals surface area contributed by atoms with E-state index in [1.165, 1.54) is 5.56 Å². The maximum Gasteiger partial charge on any atom is 0.407 e. The van der Waals surface area contributed by atoms with Crippen LogP contribution in [0.4, 0.5) is 4.79 Å². The Bertz CT molecular complexity index is 368. The van der Waals surface area contributed by atoms with Gasteiger partial charge in [-0.1, -0.05) is 30.3 Å². The van der Waals surface area contributed by atoms with Crippen molar-refractivity contribution in [2.75, 3.05) is 0 Å². The van der Waals surface area contributed by atoms with E-state index in [1.807, 2.05) is 45.9 Å². The summed E-state index contributed by atoms with van der Waals surface area (Å²) in [6, 6.07) is 10.4. The van der Waals surface area contributed by atoms with Crippen molar-refractivity contribution in [1.82, 2.24) is 5.32 Å². The van der Waals surface area contributed by atoms with Gasteiger partial charge in [-0.25, -0.2) is 4.79 Å². The van der Waals surface area contributed by atoms with Gasteiger partial charge in [0.05, 0.1) is 0 Å². The van der Waals surface area contributed by atoms with Crippen molar-refractivity contribution >= 4 is 6.09 Å². The summed E-state index contributed by atoms with van der Waals surface area (Å²) >= 11 is 0. The largest absolute Gasteiger partial charge is 0.444 e. The van der Waals surface area contributed by atoms with Crippen LogP contribution in [-0.2, 0) is 11.2 Å². The molecule has 1 amide bonds. The highest BCUT2D eigenvalue weighted by atomic mass is 16.6. The molecule has 0 aliphatic carbocycles. The molecule has 0 aromatic heterocycles. The van der Waals surface area contributed by atoms with Crippen LogP contribution in [0.2, 0.25) is 0 Å². The summed E-state index contributed by atoms with van der Waals surface area (Å²) in [4.78, 5) is 11.5. The third kappa shape index (κ3) is 6.28. The van der Waals surface area contributed by atoms with E-state index < -0.39 is 5.60 Å². The van der Waals surface area contributed by atoms with Gasteiger partial charge < -0.3 is 10.1 Å². The number of hydrogen-bond acceptors (Lipinski definition) is 2. The number of nitrogens with one attached hydrogen (secondary N) is 1. The lowest BCUT2D eigenvalue weighted by Crippen LogP contribution is -2.37. The van der Waals surface area contributed by atoms with Crippen molar-refractivity contribution in [3.05, 3.63) is 35.9 Å². The lowest BCUT2D eigenvalue weighted by Gasteiger charge is -2.22. The highest BCUT2D eigenvalue weighted by Gasteiger charge is 2.17. The van der Waals surface area contributed by atoms with Crippen molar-refractivity contribution in [1.29, 1.82) is 0 Å². The minimum absolute atomic E-state index is 0.111. The molecule has 0 saturated carbocycles. The van der Waals surface area contributed by atoms with Gasteiger partial charge in [0.1, 0.15) is 5.60 Å². The molecule has 1 aromatic rings. The van der Waals surface area contributed by atoms with E-state index in [4.69, 9.17) is 4.74 Å². The zero-order chi connectivity index (χ0) is 13.6. The van der Waals surface area contributed by atoms with Crippen LogP contribution >= 0.6 is 0 Å². The Morgan fingerprint density at radius 2 is 1.89 bits per heavy atom. The molecule has 0 fully saturated rings. The number of carbonyl (C=O) groups excluding carboxylic acids is 1. The standard InChI is InChI=1S/C15H23NO2/c1-12(16-14(17)18-15(2,3)4)10-11-13-8-6-5-7-9-13/h5-9,12H,10-11H2,1-4H3,(H,16,17)/t12-/m1/s1. The fraction of sp³-hybridized carbons (Fsp3) is 0.533. The van der Waals surface area contributed by atoms with Crippen molar-refractivity contribution in [3.63, 3.8) is 0 Å². The second-order valence-electron chi connectivity index (χ2n) is 5.57. The minimum Gasteiger partial charge on any atom is -0.444 e. The molecule has 0 radical (unpaired) electrons. The fourth-order valence-corrected chi connectivity index (χ4v) is 1.61. The Hall–Kier alpha value is -1.51. The topological polar surface area (TPSA) is 38.3 Å². The Labute approximate surface area is 110 Å². The normalized spacial score (nSPS) is 12.9. The van der Waals surface area contributed by atoms with Gasteiger partial charge in [-0.2, -0.15) is 0 Å². The number of hydrogen-bond donors (Lipinski definition) is 1.